The van der Waals surface area contributed by atoms with Crippen LogP contribution in [0.25, 0.3) is 0 Å². The molecule has 1 saturated heterocycles. The van der Waals surface area contributed by atoms with Gasteiger partial charge >= 0.3 is 12.0 Å². The standard InChI is InChI=1S/C23H32FN3O3.ClH/c1-25-10-8-17-14-19(15-21(24)20(17)9-11-25)27-13-12-26(23(27)30)18-5-2-16(3-6-18)4-7-22(28)29;/h14-16,18H,2-13H2,1H3,(H,28,29);1H. The molecule has 172 valence electrons. The molecule has 2 aliphatic heterocycles. The number of benzene rings is 1. The Morgan fingerprint density at radius 3 is 2.52 bits per heavy atom. The molecular weight excluding hydrogens is 421 g/mol. The summed E-state index contributed by atoms with van der Waals surface area (Å²) >= 11 is 0. The first-order valence-electron chi connectivity index (χ1n) is 11.2. The van der Waals surface area contributed by atoms with Gasteiger partial charge in [0, 0.05) is 44.3 Å². The van der Waals surface area contributed by atoms with Gasteiger partial charge in [0.15, 0.2) is 0 Å². The minimum Gasteiger partial charge on any atom is -0.481 e. The Morgan fingerprint density at radius 1 is 1.10 bits per heavy atom. The van der Waals surface area contributed by atoms with Crippen molar-refractivity contribution >= 4 is 30.1 Å². The number of halogens is 2. The van der Waals surface area contributed by atoms with Crippen molar-refractivity contribution in [2.24, 2.45) is 5.92 Å². The first-order valence-corrected chi connectivity index (χ1v) is 11.2. The lowest BCUT2D eigenvalue weighted by molar-refractivity contribution is -0.137. The second kappa shape index (κ2) is 10.2. The minimum absolute atomic E-state index is 0. The molecule has 0 atom stereocenters. The van der Waals surface area contributed by atoms with Gasteiger partial charge in [0.1, 0.15) is 5.82 Å². The zero-order valence-corrected chi connectivity index (χ0v) is 19.0. The lowest BCUT2D eigenvalue weighted by atomic mass is 9.83. The van der Waals surface area contributed by atoms with Crippen LogP contribution in [-0.4, -0.2) is 66.2 Å². The summed E-state index contributed by atoms with van der Waals surface area (Å²) in [4.78, 5) is 29.8. The number of carbonyl (C=O) groups is 2. The lowest BCUT2D eigenvalue weighted by Gasteiger charge is -2.34. The number of aliphatic carboxylic acids is 1. The second-order valence-corrected chi connectivity index (χ2v) is 9.10. The second-order valence-electron chi connectivity index (χ2n) is 9.10. The number of anilines is 1. The molecule has 31 heavy (non-hydrogen) atoms. The van der Waals surface area contributed by atoms with Crippen LogP contribution in [0.4, 0.5) is 14.9 Å². The lowest BCUT2D eigenvalue weighted by Crippen LogP contribution is -2.41. The quantitative estimate of drug-likeness (QED) is 0.733. The van der Waals surface area contributed by atoms with Gasteiger partial charge in [-0.05, 0) is 81.2 Å². The molecule has 1 aromatic carbocycles. The van der Waals surface area contributed by atoms with Crippen molar-refractivity contribution in [1.29, 1.82) is 0 Å². The summed E-state index contributed by atoms with van der Waals surface area (Å²) in [6, 6.07) is 3.74. The number of carboxylic acid groups (broad SMARTS) is 1. The summed E-state index contributed by atoms with van der Waals surface area (Å²) in [5.74, 6) is -0.479. The van der Waals surface area contributed by atoms with E-state index in [1.54, 1.807) is 4.90 Å². The summed E-state index contributed by atoms with van der Waals surface area (Å²) in [5, 5.41) is 8.88. The van der Waals surface area contributed by atoms with Crippen molar-refractivity contribution in [2.75, 3.05) is 38.1 Å². The fourth-order valence-corrected chi connectivity index (χ4v) is 5.27. The normalized spacial score (nSPS) is 24.5. The Labute approximate surface area is 189 Å². The van der Waals surface area contributed by atoms with Gasteiger partial charge < -0.3 is 14.9 Å². The fourth-order valence-electron chi connectivity index (χ4n) is 5.27. The topological polar surface area (TPSA) is 64.1 Å². The molecule has 0 spiro atoms. The summed E-state index contributed by atoms with van der Waals surface area (Å²) in [5.41, 5.74) is 2.50. The molecule has 0 bridgehead atoms. The number of likely N-dealkylation sites (N-methyl/N-ethyl adjacent to an activating group) is 1. The minimum atomic E-state index is -0.734. The van der Waals surface area contributed by atoms with Crippen LogP contribution in [0.1, 0.15) is 49.7 Å². The molecule has 2 fully saturated rings. The van der Waals surface area contributed by atoms with Crippen LogP contribution in [0.3, 0.4) is 0 Å². The summed E-state index contributed by atoms with van der Waals surface area (Å²) in [6.45, 7) is 3.02. The molecule has 1 saturated carbocycles. The van der Waals surface area contributed by atoms with Crippen molar-refractivity contribution in [2.45, 2.75) is 57.4 Å². The number of carboxylic acids is 1. The smallest absolute Gasteiger partial charge is 0.324 e. The van der Waals surface area contributed by atoms with Crippen LogP contribution < -0.4 is 4.90 Å². The maximum Gasteiger partial charge on any atom is 0.324 e. The average Bonchev–Trinajstić information content (AvgIpc) is 3.00. The van der Waals surface area contributed by atoms with Crippen LogP contribution in [0, 0.1) is 11.7 Å². The highest BCUT2D eigenvalue weighted by Crippen LogP contribution is 2.34. The van der Waals surface area contributed by atoms with E-state index in [0.717, 1.165) is 62.7 Å². The number of carbonyl (C=O) groups excluding carboxylic acids is 1. The Bertz CT molecular complexity index is 814. The highest BCUT2D eigenvalue weighted by atomic mass is 35.5. The van der Waals surface area contributed by atoms with E-state index in [0.29, 0.717) is 31.1 Å². The molecule has 8 heteroatoms. The van der Waals surface area contributed by atoms with E-state index in [1.165, 1.54) is 6.07 Å². The van der Waals surface area contributed by atoms with E-state index in [4.69, 9.17) is 5.11 Å². The fraction of sp³-hybridized carbons (Fsp3) is 0.652. The number of hydrogen-bond donors (Lipinski definition) is 1. The third-order valence-electron chi connectivity index (χ3n) is 7.16. The molecule has 0 radical (unpaired) electrons. The molecule has 6 nitrogen and oxygen atoms in total. The molecule has 3 aliphatic rings. The van der Waals surface area contributed by atoms with Gasteiger partial charge in [-0.1, -0.05) is 0 Å². The van der Waals surface area contributed by atoms with Gasteiger partial charge in [0.2, 0.25) is 0 Å². The molecule has 4 rings (SSSR count). The SMILES string of the molecule is CN1CCc2cc(N3CCN(C4CCC(CCC(=O)O)CC4)C3=O)cc(F)c2CC1.Cl. The monoisotopic (exact) mass is 453 g/mol. The van der Waals surface area contributed by atoms with Crippen LogP contribution >= 0.6 is 12.4 Å². The third kappa shape index (κ3) is 5.32. The maximum atomic E-state index is 14.8. The Hall–Kier alpha value is -1.86. The van der Waals surface area contributed by atoms with Crippen LogP contribution in [-0.2, 0) is 17.6 Å². The Balaban J connectivity index is 0.00000272. The molecule has 1 aromatic rings. The van der Waals surface area contributed by atoms with Gasteiger partial charge in [-0.3, -0.25) is 9.69 Å². The van der Waals surface area contributed by atoms with Crippen molar-refractivity contribution in [3.8, 4) is 0 Å². The van der Waals surface area contributed by atoms with Gasteiger partial charge in [-0.25, -0.2) is 9.18 Å². The molecule has 1 aliphatic carbocycles. The largest absolute Gasteiger partial charge is 0.481 e. The van der Waals surface area contributed by atoms with Crippen molar-refractivity contribution in [1.82, 2.24) is 9.80 Å². The van der Waals surface area contributed by atoms with Crippen LogP contribution in [0.5, 0.6) is 0 Å². The van der Waals surface area contributed by atoms with Gasteiger partial charge in [-0.15, -0.1) is 12.4 Å². The van der Waals surface area contributed by atoms with Gasteiger partial charge in [0.05, 0.1) is 0 Å². The molecule has 2 amide bonds. The maximum absolute atomic E-state index is 14.8. The van der Waals surface area contributed by atoms with Crippen molar-refractivity contribution in [3.05, 3.63) is 29.1 Å². The van der Waals surface area contributed by atoms with E-state index in [-0.39, 0.29) is 36.7 Å². The van der Waals surface area contributed by atoms with E-state index in [9.17, 15) is 14.0 Å². The number of nitrogens with zero attached hydrogens (tertiary/aromatic N) is 3. The number of fused-ring (bicyclic) bond motifs is 1. The third-order valence-corrected chi connectivity index (χ3v) is 7.16. The highest BCUT2D eigenvalue weighted by Gasteiger charge is 2.36. The molecule has 1 N–H and O–H groups in total. The van der Waals surface area contributed by atoms with E-state index < -0.39 is 5.97 Å². The molecular formula is C23H33ClFN3O3. The van der Waals surface area contributed by atoms with E-state index in [1.807, 2.05) is 11.0 Å². The molecule has 2 heterocycles. The number of hydrogen-bond acceptors (Lipinski definition) is 3. The van der Waals surface area contributed by atoms with Crippen LogP contribution in [0.2, 0.25) is 0 Å². The molecule has 0 aromatic heterocycles. The zero-order valence-electron chi connectivity index (χ0n) is 18.2. The van der Waals surface area contributed by atoms with Crippen molar-refractivity contribution < 1.29 is 19.1 Å². The van der Waals surface area contributed by atoms with Crippen LogP contribution in [0.15, 0.2) is 12.1 Å². The summed E-state index contributed by atoms with van der Waals surface area (Å²) < 4.78 is 14.8. The first-order chi connectivity index (χ1) is 14.4. The predicted octanol–water partition coefficient (Wildman–Crippen LogP) is 3.94. The number of rotatable bonds is 5. The Kier molecular flexibility index (Phi) is 7.81. The number of urea groups is 1. The first kappa shape index (κ1) is 23.8. The zero-order chi connectivity index (χ0) is 21.3. The van der Waals surface area contributed by atoms with Gasteiger partial charge in [-0.2, -0.15) is 0 Å². The number of amides is 2. The summed E-state index contributed by atoms with van der Waals surface area (Å²) in [7, 11) is 2.06. The van der Waals surface area contributed by atoms with E-state index in [2.05, 4.69) is 11.9 Å². The van der Waals surface area contributed by atoms with Gasteiger partial charge in [0.25, 0.3) is 0 Å². The Morgan fingerprint density at radius 2 is 1.81 bits per heavy atom. The average molecular weight is 454 g/mol. The molecule has 0 unspecified atom stereocenters. The highest BCUT2D eigenvalue weighted by molar-refractivity contribution is 5.94. The van der Waals surface area contributed by atoms with E-state index >= 15 is 0 Å². The summed E-state index contributed by atoms with van der Waals surface area (Å²) in [6.07, 6.45) is 6.28. The van der Waals surface area contributed by atoms with Crippen molar-refractivity contribution in [3.63, 3.8) is 0 Å². The predicted molar refractivity (Wildman–Crippen MR) is 121 cm³/mol.